The van der Waals surface area contributed by atoms with Crippen LogP contribution in [-0.2, 0) is 0 Å². The Hall–Kier alpha value is -3.77. The second-order valence-corrected chi connectivity index (χ2v) is 6.38. The van der Waals surface area contributed by atoms with Crippen molar-refractivity contribution in [2.75, 3.05) is 5.43 Å². The standard InChI is InChI=1S/C19H12BrN5O3/c20-15-8-11(6-7-13(15)18(27)28)10-22-25-19-23-16(12-4-2-1-3-5-12)14(9-21)17(26)24-19/h1-8,10H,(H,27,28)(H2,23,24,25,26). The number of halogens is 1. The summed E-state index contributed by atoms with van der Waals surface area (Å²) in [6, 6.07) is 15.4. The van der Waals surface area contributed by atoms with Gasteiger partial charge < -0.3 is 5.11 Å². The molecule has 8 nitrogen and oxygen atoms in total. The van der Waals surface area contributed by atoms with Crippen molar-refractivity contribution in [3.63, 3.8) is 0 Å². The number of aromatic carboxylic acids is 1. The number of carboxylic acids is 1. The van der Waals surface area contributed by atoms with Crippen LogP contribution in [0.1, 0.15) is 21.5 Å². The van der Waals surface area contributed by atoms with Crippen LogP contribution >= 0.6 is 15.9 Å². The Labute approximate surface area is 167 Å². The van der Waals surface area contributed by atoms with Gasteiger partial charge in [0, 0.05) is 10.0 Å². The Balaban J connectivity index is 1.87. The van der Waals surface area contributed by atoms with E-state index in [1.54, 1.807) is 36.4 Å². The lowest BCUT2D eigenvalue weighted by Crippen LogP contribution is -2.16. The maximum absolute atomic E-state index is 12.2. The summed E-state index contributed by atoms with van der Waals surface area (Å²) in [6.07, 6.45) is 1.44. The fraction of sp³-hybridized carbons (Fsp3) is 0. The Morgan fingerprint density at radius 2 is 2.04 bits per heavy atom. The lowest BCUT2D eigenvalue weighted by Gasteiger charge is -2.06. The van der Waals surface area contributed by atoms with Crippen LogP contribution in [0.25, 0.3) is 11.3 Å². The first-order valence-corrected chi connectivity index (χ1v) is 8.70. The van der Waals surface area contributed by atoms with Crippen LogP contribution < -0.4 is 11.0 Å². The van der Waals surface area contributed by atoms with Crippen molar-refractivity contribution in [3.05, 3.63) is 80.0 Å². The Morgan fingerprint density at radius 3 is 2.68 bits per heavy atom. The average molecular weight is 438 g/mol. The number of rotatable bonds is 5. The third-order valence-electron chi connectivity index (χ3n) is 3.69. The van der Waals surface area contributed by atoms with Crippen molar-refractivity contribution in [1.82, 2.24) is 9.97 Å². The zero-order valence-electron chi connectivity index (χ0n) is 14.2. The highest BCUT2D eigenvalue weighted by atomic mass is 79.9. The highest BCUT2D eigenvalue weighted by Crippen LogP contribution is 2.20. The van der Waals surface area contributed by atoms with E-state index in [0.717, 1.165) is 0 Å². The zero-order chi connectivity index (χ0) is 20.1. The summed E-state index contributed by atoms with van der Waals surface area (Å²) in [6.45, 7) is 0. The van der Waals surface area contributed by atoms with Gasteiger partial charge in [-0.05, 0) is 33.6 Å². The summed E-state index contributed by atoms with van der Waals surface area (Å²) in [4.78, 5) is 29.9. The topological polar surface area (TPSA) is 131 Å². The molecule has 9 heteroatoms. The molecule has 0 radical (unpaired) electrons. The van der Waals surface area contributed by atoms with Gasteiger partial charge in [-0.2, -0.15) is 10.4 Å². The number of nitriles is 1. The van der Waals surface area contributed by atoms with E-state index >= 15 is 0 Å². The maximum atomic E-state index is 12.2. The van der Waals surface area contributed by atoms with Crippen molar-refractivity contribution in [1.29, 1.82) is 5.26 Å². The summed E-state index contributed by atoms with van der Waals surface area (Å²) in [7, 11) is 0. The Morgan fingerprint density at radius 1 is 1.29 bits per heavy atom. The molecule has 0 aliphatic heterocycles. The number of carbonyl (C=O) groups is 1. The first-order chi connectivity index (χ1) is 13.5. The third-order valence-corrected chi connectivity index (χ3v) is 4.34. The van der Waals surface area contributed by atoms with Crippen LogP contribution in [0.15, 0.2) is 62.9 Å². The molecule has 0 spiro atoms. The van der Waals surface area contributed by atoms with Crippen molar-refractivity contribution < 1.29 is 9.90 Å². The number of benzene rings is 2. The molecule has 3 N–H and O–H groups in total. The van der Waals surface area contributed by atoms with Crippen LogP contribution in [0.5, 0.6) is 0 Å². The molecule has 3 aromatic rings. The molecule has 0 saturated carbocycles. The molecule has 0 bridgehead atoms. The van der Waals surface area contributed by atoms with E-state index in [9.17, 15) is 14.9 Å². The lowest BCUT2D eigenvalue weighted by molar-refractivity contribution is 0.0696. The van der Waals surface area contributed by atoms with Gasteiger partial charge in [0.05, 0.1) is 17.5 Å². The van der Waals surface area contributed by atoms with E-state index in [0.29, 0.717) is 15.6 Å². The number of aromatic amines is 1. The van der Waals surface area contributed by atoms with Gasteiger partial charge in [0.2, 0.25) is 5.95 Å². The highest BCUT2D eigenvalue weighted by molar-refractivity contribution is 9.10. The molecular weight excluding hydrogens is 426 g/mol. The Bertz CT molecular complexity index is 1170. The minimum absolute atomic E-state index is 0.0697. The van der Waals surface area contributed by atoms with Crippen molar-refractivity contribution in [2.45, 2.75) is 0 Å². The van der Waals surface area contributed by atoms with Gasteiger partial charge in [0.25, 0.3) is 5.56 Å². The van der Waals surface area contributed by atoms with Crippen LogP contribution in [-0.4, -0.2) is 27.3 Å². The number of H-pyrrole nitrogens is 1. The molecule has 0 aliphatic carbocycles. The second-order valence-electron chi connectivity index (χ2n) is 5.53. The minimum atomic E-state index is -1.04. The number of nitrogens with zero attached hydrogens (tertiary/aromatic N) is 3. The van der Waals surface area contributed by atoms with Gasteiger partial charge in [-0.15, -0.1) is 0 Å². The van der Waals surface area contributed by atoms with E-state index in [4.69, 9.17) is 5.11 Å². The number of hydrogen-bond acceptors (Lipinski definition) is 6. The number of anilines is 1. The first-order valence-electron chi connectivity index (χ1n) is 7.91. The maximum Gasteiger partial charge on any atom is 0.336 e. The molecule has 3 rings (SSSR count). The summed E-state index contributed by atoms with van der Waals surface area (Å²) in [5.41, 5.74) is 3.59. The smallest absolute Gasteiger partial charge is 0.336 e. The molecule has 28 heavy (non-hydrogen) atoms. The predicted octanol–water partition coefficient (Wildman–Crippen LogP) is 3.22. The predicted molar refractivity (Wildman–Crippen MR) is 107 cm³/mol. The first kappa shape index (κ1) is 19.0. The molecular formula is C19H12BrN5O3. The largest absolute Gasteiger partial charge is 0.478 e. The fourth-order valence-corrected chi connectivity index (χ4v) is 2.95. The molecule has 0 fully saturated rings. The van der Waals surface area contributed by atoms with E-state index in [2.05, 4.69) is 36.4 Å². The SMILES string of the molecule is N#Cc1c(-c2ccccc2)nc(NN=Cc2ccc(C(=O)O)c(Br)c2)[nH]c1=O. The number of carboxylic acid groups (broad SMARTS) is 1. The summed E-state index contributed by atoms with van der Waals surface area (Å²) in [5.74, 6) is -0.971. The summed E-state index contributed by atoms with van der Waals surface area (Å²) in [5, 5.41) is 22.3. The molecule has 1 heterocycles. The molecule has 0 aliphatic rings. The van der Waals surface area contributed by atoms with Crippen molar-refractivity contribution >= 4 is 34.1 Å². The van der Waals surface area contributed by atoms with E-state index < -0.39 is 11.5 Å². The van der Waals surface area contributed by atoms with Crippen LogP contribution in [0.3, 0.4) is 0 Å². The summed E-state index contributed by atoms with van der Waals surface area (Å²) >= 11 is 3.19. The molecule has 1 aromatic heterocycles. The van der Waals surface area contributed by atoms with Gasteiger partial charge in [-0.25, -0.2) is 15.2 Å². The van der Waals surface area contributed by atoms with Crippen LogP contribution in [0, 0.1) is 11.3 Å². The molecule has 0 atom stereocenters. The van der Waals surface area contributed by atoms with Crippen molar-refractivity contribution in [2.24, 2.45) is 5.10 Å². The summed E-state index contributed by atoms with van der Waals surface area (Å²) < 4.78 is 0.417. The van der Waals surface area contributed by atoms with E-state index in [-0.39, 0.29) is 22.8 Å². The number of hydrazone groups is 1. The van der Waals surface area contributed by atoms with Crippen molar-refractivity contribution in [3.8, 4) is 17.3 Å². The van der Waals surface area contributed by atoms with Gasteiger partial charge in [-0.3, -0.25) is 9.78 Å². The molecule has 0 amide bonds. The second kappa shape index (κ2) is 8.28. The van der Waals surface area contributed by atoms with Gasteiger partial charge in [0.1, 0.15) is 11.6 Å². The zero-order valence-corrected chi connectivity index (χ0v) is 15.8. The number of aromatic nitrogens is 2. The monoisotopic (exact) mass is 437 g/mol. The molecule has 138 valence electrons. The van der Waals surface area contributed by atoms with E-state index in [1.807, 2.05) is 12.1 Å². The molecule has 2 aromatic carbocycles. The number of hydrogen-bond donors (Lipinski definition) is 3. The molecule has 0 unspecified atom stereocenters. The van der Waals surface area contributed by atoms with Gasteiger partial charge in [0.15, 0.2) is 0 Å². The highest BCUT2D eigenvalue weighted by Gasteiger charge is 2.13. The lowest BCUT2D eigenvalue weighted by atomic mass is 10.1. The number of nitrogens with one attached hydrogen (secondary N) is 2. The minimum Gasteiger partial charge on any atom is -0.478 e. The fourth-order valence-electron chi connectivity index (χ4n) is 2.39. The van der Waals surface area contributed by atoms with Crippen LogP contribution in [0.2, 0.25) is 0 Å². The third kappa shape index (κ3) is 4.13. The van der Waals surface area contributed by atoms with E-state index in [1.165, 1.54) is 12.3 Å². The van der Waals surface area contributed by atoms with Gasteiger partial charge >= 0.3 is 5.97 Å². The Kier molecular flexibility index (Phi) is 5.62. The quantitative estimate of drug-likeness (QED) is 0.414. The average Bonchev–Trinajstić information content (AvgIpc) is 2.68. The van der Waals surface area contributed by atoms with Gasteiger partial charge in [-0.1, -0.05) is 36.4 Å². The normalized spacial score (nSPS) is 10.6. The van der Waals surface area contributed by atoms with Crippen LogP contribution in [0.4, 0.5) is 5.95 Å². The molecule has 0 saturated heterocycles.